The van der Waals surface area contributed by atoms with Crippen molar-refractivity contribution < 1.29 is 22.7 Å². The SMILES string of the molecule is COc1cc(C)nc(N(C)C(=O)NS(=O)(=O)c2ncccc2N(C)C(C)=O)n1. The molecule has 1 N–H and O–H groups in total. The quantitative estimate of drug-likeness (QED) is 0.764. The Morgan fingerprint density at radius 3 is 2.46 bits per heavy atom. The van der Waals surface area contributed by atoms with Gasteiger partial charge in [-0.05, 0) is 19.1 Å². The van der Waals surface area contributed by atoms with Crippen LogP contribution in [0, 0.1) is 6.92 Å². The molecule has 0 unspecified atom stereocenters. The predicted octanol–water partition coefficient (Wildman–Crippen LogP) is 0.706. The van der Waals surface area contributed by atoms with Crippen LogP contribution in [0.4, 0.5) is 16.4 Å². The van der Waals surface area contributed by atoms with E-state index in [1.54, 1.807) is 13.0 Å². The van der Waals surface area contributed by atoms with Crippen LogP contribution in [0.3, 0.4) is 0 Å². The number of sulfonamides is 1. The van der Waals surface area contributed by atoms with Crippen molar-refractivity contribution in [3.05, 3.63) is 30.1 Å². The number of hydrogen-bond acceptors (Lipinski definition) is 8. The van der Waals surface area contributed by atoms with Gasteiger partial charge in [-0.2, -0.15) is 13.4 Å². The van der Waals surface area contributed by atoms with Crippen molar-refractivity contribution in [3.63, 3.8) is 0 Å². The van der Waals surface area contributed by atoms with Crippen molar-refractivity contribution in [1.29, 1.82) is 0 Å². The highest BCUT2D eigenvalue weighted by atomic mass is 32.2. The third-order valence-corrected chi connectivity index (χ3v) is 4.96. The average molecular weight is 408 g/mol. The monoisotopic (exact) mass is 408 g/mol. The fourth-order valence-electron chi connectivity index (χ4n) is 2.12. The van der Waals surface area contributed by atoms with E-state index in [1.807, 2.05) is 4.72 Å². The van der Waals surface area contributed by atoms with Gasteiger partial charge >= 0.3 is 6.03 Å². The van der Waals surface area contributed by atoms with E-state index in [-0.39, 0.29) is 17.5 Å². The second-order valence-corrected chi connectivity index (χ2v) is 7.32. The molecule has 2 rings (SSSR count). The Hall–Kier alpha value is -3.28. The van der Waals surface area contributed by atoms with Crippen molar-refractivity contribution in [2.45, 2.75) is 18.9 Å². The molecule has 28 heavy (non-hydrogen) atoms. The van der Waals surface area contributed by atoms with E-state index in [0.717, 1.165) is 9.80 Å². The van der Waals surface area contributed by atoms with Gasteiger partial charge in [-0.3, -0.25) is 9.69 Å². The van der Waals surface area contributed by atoms with Crippen LogP contribution >= 0.6 is 0 Å². The third-order valence-electron chi connectivity index (χ3n) is 3.69. The molecule has 0 bridgehead atoms. The summed E-state index contributed by atoms with van der Waals surface area (Å²) in [4.78, 5) is 38.0. The van der Waals surface area contributed by atoms with Gasteiger partial charge in [0, 0.05) is 39.0 Å². The zero-order chi connectivity index (χ0) is 21.1. The lowest BCUT2D eigenvalue weighted by Crippen LogP contribution is -2.42. The summed E-state index contributed by atoms with van der Waals surface area (Å²) < 4.78 is 32.3. The van der Waals surface area contributed by atoms with E-state index < -0.39 is 27.0 Å². The van der Waals surface area contributed by atoms with Crippen molar-refractivity contribution in [3.8, 4) is 5.88 Å². The lowest BCUT2D eigenvalue weighted by Gasteiger charge is -2.20. The minimum atomic E-state index is -4.38. The molecular weight excluding hydrogens is 388 g/mol. The maximum Gasteiger partial charge on any atom is 0.337 e. The van der Waals surface area contributed by atoms with Crippen LogP contribution in [0.2, 0.25) is 0 Å². The smallest absolute Gasteiger partial charge is 0.337 e. The van der Waals surface area contributed by atoms with Crippen molar-refractivity contribution >= 4 is 33.6 Å². The van der Waals surface area contributed by atoms with E-state index in [0.29, 0.717) is 5.69 Å². The number of urea groups is 1. The summed E-state index contributed by atoms with van der Waals surface area (Å²) in [6, 6.07) is 3.44. The number of rotatable bonds is 5. The highest BCUT2D eigenvalue weighted by Crippen LogP contribution is 2.22. The molecule has 2 aromatic rings. The summed E-state index contributed by atoms with van der Waals surface area (Å²) >= 11 is 0. The predicted molar refractivity (Wildman–Crippen MR) is 101 cm³/mol. The number of aryl methyl sites for hydroxylation is 1. The molecule has 3 amide bonds. The molecule has 0 atom stereocenters. The molecule has 0 aliphatic rings. The zero-order valence-corrected chi connectivity index (χ0v) is 16.8. The van der Waals surface area contributed by atoms with Crippen molar-refractivity contribution in [2.75, 3.05) is 31.0 Å². The summed E-state index contributed by atoms with van der Waals surface area (Å²) in [7, 11) is -0.266. The maximum atomic E-state index is 12.7. The topological polar surface area (TPSA) is 135 Å². The first-order valence-electron chi connectivity index (χ1n) is 7.96. The molecule has 12 heteroatoms. The Bertz CT molecular complexity index is 1010. The largest absolute Gasteiger partial charge is 0.481 e. The summed E-state index contributed by atoms with van der Waals surface area (Å²) in [6.45, 7) is 2.95. The summed E-state index contributed by atoms with van der Waals surface area (Å²) in [6.07, 6.45) is 1.24. The lowest BCUT2D eigenvalue weighted by molar-refractivity contribution is -0.116. The molecule has 0 saturated carbocycles. The first-order valence-corrected chi connectivity index (χ1v) is 9.44. The number of pyridine rings is 1. The van der Waals surface area contributed by atoms with Crippen LogP contribution in [0.25, 0.3) is 0 Å². The molecule has 0 aliphatic carbocycles. The van der Waals surface area contributed by atoms with Crippen LogP contribution in [-0.2, 0) is 14.8 Å². The van der Waals surface area contributed by atoms with E-state index in [2.05, 4.69) is 15.0 Å². The number of nitrogens with zero attached hydrogens (tertiary/aromatic N) is 5. The molecular formula is C16H20N6O5S. The Labute approximate surface area is 162 Å². The van der Waals surface area contributed by atoms with E-state index in [9.17, 15) is 18.0 Å². The number of aromatic nitrogens is 3. The van der Waals surface area contributed by atoms with Gasteiger partial charge in [0.2, 0.25) is 17.7 Å². The van der Waals surface area contributed by atoms with Crippen molar-refractivity contribution in [2.24, 2.45) is 0 Å². The number of ether oxygens (including phenoxy) is 1. The van der Waals surface area contributed by atoms with Crippen LogP contribution in [0.1, 0.15) is 12.6 Å². The highest BCUT2D eigenvalue weighted by molar-refractivity contribution is 7.90. The molecule has 0 aliphatic heterocycles. The maximum absolute atomic E-state index is 12.7. The third kappa shape index (κ3) is 4.52. The molecule has 0 fully saturated rings. The first kappa shape index (κ1) is 21.0. The summed E-state index contributed by atoms with van der Waals surface area (Å²) in [5.74, 6) is -0.222. The molecule has 11 nitrogen and oxygen atoms in total. The summed E-state index contributed by atoms with van der Waals surface area (Å²) in [5.41, 5.74) is 0.561. The van der Waals surface area contributed by atoms with Gasteiger partial charge in [-0.25, -0.2) is 19.5 Å². The van der Waals surface area contributed by atoms with Gasteiger partial charge in [0.25, 0.3) is 10.0 Å². The molecule has 0 radical (unpaired) electrons. The zero-order valence-electron chi connectivity index (χ0n) is 16.0. The number of hydrogen-bond donors (Lipinski definition) is 1. The van der Waals surface area contributed by atoms with E-state index >= 15 is 0 Å². The second kappa shape index (κ2) is 8.17. The van der Waals surface area contributed by atoms with Gasteiger partial charge in [-0.15, -0.1) is 0 Å². The Morgan fingerprint density at radius 1 is 1.18 bits per heavy atom. The van der Waals surface area contributed by atoms with Crippen LogP contribution < -0.4 is 19.3 Å². The van der Waals surface area contributed by atoms with Crippen LogP contribution in [-0.4, -0.2) is 56.5 Å². The molecule has 0 spiro atoms. The lowest BCUT2D eigenvalue weighted by atomic mass is 10.4. The van der Waals surface area contributed by atoms with Gasteiger partial charge in [0.15, 0.2) is 5.03 Å². The number of carbonyl (C=O) groups excluding carboxylic acids is 2. The first-order chi connectivity index (χ1) is 13.1. The fraction of sp³-hybridized carbons (Fsp3) is 0.312. The summed E-state index contributed by atoms with van der Waals surface area (Å²) in [5, 5.41) is -0.461. The van der Waals surface area contributed by atoms with Crippen LogP contribution in [0.15, 0.2) is 29.4 Å². The standard InChI is InChI=1S/C16H20N6O5S/c1-10-9-13(27-5)19-15(18-10)22(4)16(24)20-28(25,26)14-12(7-6-8-17-14)21(3)11(2)23/h6-9H,1-5H3,(H,20,24). The Kier molecular flexibility index (Phi) is 6.13. The molecule has 0 aromatic carbocycles. The Balaban J connectivity index is 2.33. The average Bonchev–Trinajstić information content (AvgIpc) is 2.65. The minimum Gasteiger partial charge on any atom is -0.481 e. The Morgan fingerprint density at radius 2 is 1.86 bits per heavy atom. The second-order valence-electron chi connectivity index (χ2n) is 5.73. The molecule has 0 saturated heterocycles. The van der Waals surface area contributed by atoms with Crippen LogP contribution in [0.5, 0.6) is 5.88 Å². The minimum absolute atomic E-state index is 0.0337. The number of nitrogens with one attached hydrogen (secondary N) is 1. The van der Waals surface area contributed by atoms with Gasteiger partial charge in [0.1, 0.15) is 0 Å². The van der Waals surface area contributed by atoms with Gasteiger partial charge in [0.05, 0.1) is 12.8 Å². The number of amides is 3. The highest BCUT2D eigenvalue weighted by Gasteiger charge is 2.28. The van der Waals surface area contributed by atoms with Crippen molar-refractivity contribution in [1.82, 2.24) is 19.7 Å². The fourth-order valence-corrected chi connectivity index (χ4v) is 3.26. The van der Waals surface area contributed by atoms with E-state index in [1.165, 1.54) is 46.5 Å². The van der Waals surface area contributed by atoms with E-state index in [4.69, 9.17) is 4.74 Å². The van der Waals surface area contributed by atoms with Gasteiger partial charge < -0.3 is 9.64 Å². The molecule has 2 aromatic heterocycles. The number of anilines is 2. The number of carbonyl (C=O) groups is 2. The molecule has 150 valence electrons. The number of methoxy groups -OCH3 is 1. The van der Waals surface area contributed by atoms with Gasteiger partial charge in [-0.1, -0.05) is 0 Å². The normalized spacial score (nSPS) is 10.9. The molecule has 2 heterocycles.